The van der Waals surface area contributed by atoms with E-state index in [1.807, 2.05) is 42.5 Å². The van der Waals surface area contributed by atoms with Gasteiger partial charge in [0.2, 0.25) is 0 Å². The van der Waals surface area contributed by atoms with Crippen molar-refractivity contribution in [3.63, 3.8) is 0 Å². The van der Waals surface area contributed by atoms with Gasteiger partial charge >= 0.3 is 0 Å². The van der Waals surface area contributed by atoms with Crippen LogP contribution in [0.25, 0.3) is 0 Å². The van der Waals surface area contributed by atoms with Gasteiger partial charge < -0.3 is 15.8 Å². The largest absolute Gasteiger partial charge is 0.481 e. The topological polar surface area (TPSA) is 59.6 Å². The first kappa shape index (κ1) is 20.8. The maximum atomic E-state index is 5.88. The van der Waals surface area contributed by atoms with E-state index in [1.54, 1.807) is 0 Å². The highest BCUT2D eigenvalue weighted by Crippen LogP contribution is 2.12. The van der Waals surface area contributed by atoms with Crippen LogP contribution < -0.4 is 15.8 Å². The van der Waals surface area contributed by atoms with Crippen LogP contribution >= 0.6 is 24.0 Å². The molecule has 3 N–H and O–H groups in total. The molecule has 132 valence electrons. The predicted molar refractivity (Wildman–Crippen MR) is 115 cm³/mol. The summed E-state index contributed by atoms with van der Waals surface area (Å²) in [5.41, 5.74) is 8.35. The van der Waals surface area contributed by atoms with E-state index in [-0.39, 0.29) is 30.6 Å². The first-order valence-electron chi connectivity index (χ1n) is 8.01. The van der Waals surface area contributed by atoms with E-state index >= 15 is 0 Å². The van der Waals surface area contributed by atoms with Crippen LogP contribution in [0.5, 0.6) is 5.75 Å². The average molecular weight is 449 g/mol. The molecule has 4 nitrogen and oxygen atoms in total. The molecule has 0 unspecified atom stereocenters. The fraction of sp³-hybridized carbons (Fsp3) is 0.250. The molecule has 0 saturated heterocycles. The van der Waals surface area contributed by atoms with E-state index in [1.165, 1.54) is 11.1 Å². The molecular weight excluding hydrogens is 425 g/mol. The molecule has 0 amide bonds. The highest BCUT2D eigenvalue weighted by molar-refractivity contribution is 14.0. The first-order chi connectivity index (χ1) is 11.8. The van der Waals surface area contributed by atoms with Gasteiger partial charge in [0.1, 0.15) is 12.4 Å². The summed E-state index contributed by atoms with van der Waals surface area (Å²) in [6, 6.07) is 18.2. The molecule has 0 bridgehead atoms. The second-order valence-electron chi connectivity index (χ2n) is 5.32. The zero-order valence-electron chi connectivity index (χ0n) is 14.2. The molecule has 0 aromatic heterocycles. The molecule has 2 aromatic carbocycles. The van der Waals surface area contributed by atoms with Crippen LogP contribution in [0.2, 0.25) is 0 Å². The lowest BCUT2D eigenvalue weighted by atomic mass is 10.1. The van der Waals surface area contributed by atoms with Gasteiger partial charge in [0.25, 0.3) is 0 Å². The van der Waals surface area contributed by atoms with Gasteiger partial charge in [-0.05, 0) is 36.1 Å². The Kier molecular flexibility index (Phi) is 10.2. The van der Waals surface area contributed by atoms with Gasteiger partial charge in [0, 0.05) is 13.1 Å². The summed E-state index contributed by atoms with van der Waals surface area (Å²) in [6.07, 6.45) is 6.92. The number of nitrogens with zero attached hydrogens (tertiary/aromatic N) is 1. The van der Waals surface area contributed by atoms with E-state index in [2.05, 4.69) is 28.4 Å². The summed E-state index contributed by atoms with van der Waals surface area (Å²) >= 11 is 0. The van der Waals surface area contributed by atoms with Gasteiger partial charge in [-0.2, -0.15) is 0 Å². The fourth-order valence-electron chi connectivity index (χ4n) is 2.22. The van der Waals surface area contributed by atoms with Crippen molar-refractivity contribution in [3.8, 4) is 18.1 Å². The maximum absolute atomic E-state index is 5.88. The van der Waals surface area contributed by atoms with Gasteiger partial charge in [-0.15, -0.1) is 30.4 Å². The molecule has 0 radical (unpaired) electrons. The van der Waals surface area contributed by atoms with E-state index in [4.69, 9.17) is 16.9 Å². The number of guanidine groups is 1. The summed E-state index contributed by atoms with van der Waals surface area (Å²) in [7, 11) is 0. The summed E-state index contributed by atoms with van der Waals surface area (Å²) in [5, 5.41) is 3.14. The van der Waals surface area contributed by atoms with Gasteiger partial charge in [-0.25, -0.2) is 0 Å². The second-order valence-corrected chi connectivity index (χ2v) is 5.32. The Hall–Kier alpha value is -2.20. The number of halogens is 1. The molecule has 0 heterocycles. The van der Waals surface area contributed by atoms with Crippen LogP contribution in [-0.2, 0) is 12.8 Å². The molecule has 25 heavy (non-hydrogen) atoms. The zero-order chi connectivity index (χ0) is 17.0. The van der Waals surface area contributed by atoms with Crippen molar-refractivity contribution in [3.05, 3.63) is 65.7 Å². The van der Waals surface area contributed by atoms with E-state index < -0.39 is 0 Å². The third-order valence-electron chi connectivity index (χ3n) is 3.49. The number of benzene rings is 2. The highest BCUT2D eigenvalue weighted by atomic mass is 127. The number of rotatable bonds is 8. The summed E-state index contributed by atoms with van der Waals surface area (Å²) in [4.78, 5) is 4.35. The van der Waals surface area contributed by atoms with Gasteiger partial charge in [-0.1, -0.05) is 48.4 Å². The van der Waals surface area contributed by atoms with Crippen molar-refractivity contribution in [2.24, 2.45) is 10.7 Å². The third kappa shape index (κ3) is 8.45. The summed E-state index contributed by atoms with van der Waals surface area (Å²) in [5.74, 6) is 3.71. The van der Waals surface area contributed by atoms with Crippen molar-refractivity contribution in [1.29, 1.82) is 0 Å². The molecule has 0 atom stereocenters. The molecule has 2 aromatic rings. The quantitative estimate of drug-likeness (QED) is 0.282. The van der Waals surface area contributed by atoms with Crippen LogP contribution in [0.4, 0.5) is 0 Å². The molecule has 5 heteroatoms. The average Bonchev–Trinajstić information content (AvgIpc) is 2.62. The van der Waals surface area contributed by atoms with Crippen molar-refractivity contribution >= 4 is 29.9 Å². The van der Waals surface area contributed by atoms with Gasteiger partial charge in [-0.3, -0.25) is 4.99 Å². The van der Waals surface area contributed by atoms with Gasteiger partial charge in [0.05, 0.1) is 0 Å². The lowest BCUT2D eigenvalue weighted by Crippen LogP contribution is -2.33. The standard InChI is InChI=1S/C20H23N3O.HI/c1-2-16-24-19-10-8-18(9-11-19)13-15-23-20(21)22-14-12-17-6-4-3-5-7-17;/h1,3-11H,12-16H2,(H3,21,22,23);1H. The first-order valence-corrected chi connectivity index (χ1v) is 8.01. The molecule has 0 aliphatic rings. The Balaban J connectivity index is 0.00000312. The van der Waals surface area contributed by atoms with Crippen molar-refractivity contribution in [1.82, 2.24) is 5.32 Å². The highest BCUT2D eigenvalue weighted by Gasteiger charge is 1.97. The third-order valence-corrected chi connectivity index (χ3v) is 3.49. The number of ether oxygens (including phenoxy) is 1. The lowest BCUT2D eigenvalue weighted by Gasteiger charge is -2.06. The number of aliphatic imine (C=N–C) groups is 1. The van der Waals surface area contributed by atoms with Crippen LogP contribution in [-0.4, -0.2) is 25.7 Å². The minimum Gasteiger partial charge on any atom is -0.481 e. The van der Waals surface area contributed by atoms with E-state index in [0.29, 0.717) is 12.5 Å². The van der Waals surface area contributed by atoms with E-state index in [0.717, 1.165) is 25.1 Å². The smallest absolute Gasteiger partial charge is 0.188 e. The normalized spacial score (nSPS) is 10.4. The lowest BCUT2D eigenvalue weighted by molar-refractivity contribution is 0.370. The van der Waals surface area contributed by atoms with E-state index in [9.17, 15) is 0 Å². The van der Waals surface area contributed by atoms with Crippen molar-refractivity contribution in [2.75, 3.05) is 19.7 Å². The van der Waals surface area contributed by atoms with Crippen molar-refractivity contribution in [2.45, 2.75) is 12.8 Å². The number of hydrogen-bond donors (Lipinski definition) is 2. The molecule has 0 spiro atoms. The molecule has 0 aliphatic heterocycles. The number of terminal acetylenes is 1. The Morgan fingerprint density at radius 1 is 1.04 bits per heavy atom. The van der Waals surface area contributed by atoms with Gasteiger partial charge in [0.15, 0.2) is 5.96 Å². The molecule has 2 rings (SSSR count). The minimum atomic E-state index is 0. The number of nitrogens with two attached hydrogens (primary N) is 1. The Bertz CT molecular complexity index is 678. The second kappa shape index (κ2) is 12.2. The molecule has 0 saturated carbocycles. The summed E-state index contributed by atoms with van der Waals surface area (Å²) < 4.78 is 5.34. The Morgan fingerprint density at radius 2 is 1.72 bits per heavy atom. The fourth-order valence-corrected chi connectivity index (χ4v) is 2.22. The predicted octanol–water partition coefficient (Wildman–Crippen LogP) is 3.01. The van der Waals surface area contributed by atoms with Crippen LogP contribution in [0.1, 0.15) is 11.1 Å². The van der Waals surface area contributed by atoms with Crippen LogP contribution in [0.3, 0.4) is 0 Å². The minimum absolute atomic E-state index is 0. The van der Waals surface area contributed by atoms with Crippen LogP contribution in [0, 0.1) is 12.3 Å². The van der Waals surface area contributed by atoms with Crippen molar-refractivity contribution < 1.29 is 4.74 Å². The molecule has 0 fully saturated rings. The Morgan fingerprint density at radius 3 is 2.40 bits per heavy atom. The van der Waals surface area contributed by atoms with Crippen LogP contribution in [0.15, 0.2) is 59.6 Å². The molecule has 0 aliphatic carbocycles. The number of hydrogen-bond acceptors (Lipinski definition) is 2. The summed E-state index contributed by atoms with van der Waals surface area (Å²) in [6.45, 7) is 1.71. The monoisotopic (exact) mass is 449 g/mol. The maximum Gasteiger partial charge on any atom is 0.188 e. The zero-order valence-corrected chi connectivity index (χ0v) is 16.5. The SMILES string of the molecule is C#CCOc1ccc(CCN=C(N)NCCc2ccccc2)cc1.I. The Labute approximate surface area is 166 Å². The number of nitrogens with one attached hydrogen (secondary N) is 1. The molecular formula is C20H24IN3O.